The number of hydrogen-bond acceptors (Lipinski definition) is 10. The SMILES string of the molecule is CCCC1=C(C2=C(C)C(C(C#N)CC)c3cc(-c4ccc5nc(C#N)c(C#N)nc5c4)ccc32)c2ccc(-c3ccc4nc(C#N)c(CC)nc4c3)cc2/C1=C(/N)C#N. The maximum atomic E-state index is 10.5. The number of nitriles is 5. The fourth-order valence-electron chi connectivity index (χ4n) is 8.82. The quantitative estimate of drug-likeness (QED) is 0.146. The molecule has 10 nitrogen and oxygen atoms in total. The van der Waals surface area contributed by atoms with Crippen LogP contribution in [0.3, 0.4) is 0 Å². The lowest BCUT2D eigenvalue weighted by atomic mass is 9.82. The second-order valence-electron chi connectivity index (χ2n) is 14.8. The number of nitrogens with zero attached hydrogens (tertiary/aromatic N) is 9. The maximum Gasteiger partial charge on any atom is 0.177 e. The number of allylic oxidation sites excluding steroid dienone is 6. The third kappa shape index (κ3) is 6.15. The molecule has 0 radical (unpaired) electrons. The van der Waals surface area contributed by atoms with E-state index in [-0.39, 0.29) is 28.9 Å². The van der Waals surface area contributed by atoms with Crippen molar-refractivity contribution in [3.8, 4) is 52.6 Å². The monoisotopic (exact) mass is 764 g/mol. The van der Waals surface area contributed by atoms with E-state index in [1.807, 2.05) is 56.3 Å². The molecule has 2 heterocycles. The number of rotatable bonds is 8. The molecule has 0 aliphatic heterocycles. The molecule has 2 aliphatic rings. The summed E-state index contributed by atoms with van der Waals surface area (Å²) in [5.74, 6) is -0.482. The molecule has 0 saturated carbocycles. The summed E-state index contributed by atoms with van der Waals surface area (Å²) in [6, 6.07) is 35.1. The van der Waals surface area contributed by atoms with Crippen molar-refractivity contribution in [1.29, 1.82) is 26.3 Å². The zero-order chi connectivity index (χ0) is 41.5. The Kier molecular flexibility index (Phi) is 9.75. The van der Waals surface area contributed by atoms with Gasteiger partial charge >= 0.3 is 0 Å². The lowest BCUT2D eigenvalue weighted by Gasteiger charge is -2.19. The molecule has 2 unspecified atom stereocenters. The maximum absolute atomic E-state index is 10.5. The van der Waals surface area contributed by atoms with E-state index in [0.717, 1.165) is 78.8 Å². The van der Waals surface area contributed by atoms with Gasteiger partial charge in [-0.2, -0.15) is 26.3 Å². The Balaban J connectivity index is 1.30. The van der Waals surface area contributed by atoms with Crippen molar-refractivity contribution >= 4 is 38.8 Å². The van der Waals surface area contributed by atoms with Crippen LogP contribution in [-0.2, 0) is 6.42 Å². The molecule has 0 fully saturated rings. The summed E-state index contributed by atoms with van der Waals surface area (Å²) in [4.78, 5) is 18.1. The number of fused-ring (bicyclic) bond motifs is 4. The molecule has 0 saturated heterocycles. The van der Waals surface area contributed by atoms with Gasteiger partial charge in [-0.3, -0.25) is 0 Å². The van der Waals surface area contributed by atoms with Crippen molar-refractivity contribution in [2.75, 3.05) is 0 Å². The van der Waals surface area contributed by atoms with E-state index < -0.39 is 0 Å². The first-order chi connectivity index (χ1) is 28.7. The van der Waals surface area contributed by atoms with E-state index in [4.69, 9.17) is 10.7 Å². The minimum Gasteiger partial charge on any atom is -0.390 e. The van der Waals surface area contributed by atoms with Crippen LogP contribution in [0.2, 0.25) is 0 Å². The molecule has 2 aromatic heterocycles. The van der Waals surface area contributed by atoms with E-state index in [9.17, 15) is 26.3 Å². The molecule has 0 spiro atoms. The Morgan fingerprint density at radius 3 is 1.78 bits per heavy atom. The Bertz CT molecular complexity index is 3130. The second kappa shape index (κ2) is 15.2. The highest BCUT2D eigenvalue weighted by Gasteiger charge is 2.39. The van der Waals surface area contributed by atoms with E-state index in [1.54, 1.807) is 6.07 Å². The largest absolute Gasteiger partial charge is 0.390 e. The van der Waals surface area contributed by atoms with Crippen molar-refractivity contribution in [2.45, 2.75) is 59.3 Å². The Morgan fingerprint density at radius 2 is 1.20 bits per heavy atom. The molecule has 4 aromatic carbocycles. The van der Waals surface area contributed by atoms with Gasteiger partial charge in [0.25, 0.3) is 0 Å². The van der Waals surface area contributed by atoms with Crippen LogP contribution in [0.1, 0.15) is 97.9 Å². The molecule has 8 rings (SSSR count). The van der Waals surface area contributed by atoms with E-state index >= 15 is 0 Å². The first-order valence-corrected chi connectivity index (χ1v) is 19.6. The first-order valence-electron chi connectivity index (χ1n) is 19.6. The fraction of sp³-hybridized carbons (Fsp3) is 0.204. The summed E-state index contributed by atoms with van der Waals surface area (Å²) in [7, 11) is 0. The van der Waals surface area contributed by atoms with Gasteiger partial charge in [-0.05, 0) is 124 Å². The summed E-state index contributed by atoms with van der Waals surface area (Å²) in [6.07, 6.45) is 2.75. The molecule has 2 aliphatic carbocycles. The van der Waals surface area contributed by atoms with Crippen LogP contribution in [-0.4, -0.2) is 19.9 Å². The van der Waals surface area contributed by atoms with E-state index in [0.29, 0.717) is 52.7 Å². The highest BCUT2D eigenvalue weighted by molar-refractivity contribution is 6.19. The lowest BCUT2D eigenvalue weighted by molar-refractivity contribution is 0.563. The summed E-state index contributed by atoms with van der Waals surface area (Å²) < 4.78 is 0. The Hall–Kier alpha value is -7.97. The van der Waals surface area contributed by atoms with Crippen molar-refractivity contribution in [3.63, 3.8) is 0 Å². The van der Waals surface area contributed by atoms with Crippen LogP contribution in [0.4, 0.5) is 0 Å². The molecule has 0 amide bonds. The number of nitrogens with two attached hydrogens (primary N) is 1. The minimum absolute atomic E-state index is 0.00902. The van der Waals surface area contributed by atoms with Crippen LogP contribution < -0.4 is 5.73 Å². The molecule has 2 atom stereocenters. The van der Waals surface area contributed by atoms with Crippen LogP contribution >= 0.6 is 0 Å². The van der Waals surface area contributed by atoms with Gasteiger partial charge in [0.2, 0.25) is 0 Å². The molecular formula is C49H36N10. The lowest BCUT2D eigenvalue weighted by Crippen LogP contribution is -2.10. The van der Waals surface area contributed by atoms with Crippen LogP contribution in [0.15, 0.2) is 89.6 Å². The van der Waals surface area contributed by atoms with Crippen LogP contribution in [0.25, 0.3) is 61.0 Å². The number of hydrogen-bond donors (Lipinski definition) is 1. The zero-order valence-electron chi connectivity index (χ0n) is 33.0. The fourth-order valence-corrected chi connectivity index (χ4v) is 8.82. The first kappa shape index (κ1) is 37.9. The highest BCUT2D eigenvalue weighted by atomic mass is 14.8. The van der Waals surface area contributed by atoms with Gasteiger partial charge in [-0.1, -0.05) is 69.2 Å². The number of aromatic nitrogens is 4. The van der Waals surface area contributed by atoms with Gasteiger partial charge in [-0.15, -0.1) is 0 Å². The smallest absolute Gasteiger partial charge is 0.177 e. The molecule has 10 heteroatoms. The van der Waals surface area contributed by atoms with Gasteiger partial charge in [-0.25, -0.2) is 19.9 Å². The van der Waals surface area contributed by atoms with Crippen molar-refractivity contribution in [2.24, 2.45) is 11.7 Å². The molecular weight excluding hydrogens is 729 g/mol. The zero-order valence-corrected chi connectivity index (χ0v) is 33.0. The van der Waals surface area contributed by atoms with Gasteiger partial charge in [0.1, 0.15) is 30.0 Å². The van der Waals surface area contributed by atoms with Gasteiger partial charge in [0.05, 0.1) is 39.7 Å². The summed E-state index contributed by atoms with van der Waals surface area (Å²) in [5, 5.41) is 49.5. The Morgan fingerprint density at radius 1 is 0.644 bits per heavy atom. The van der Waals surface area contributed by atoms with Crippen molar-refractivity contribution < 1.29 is 0 Å². The predicted octanol–water partition coefficient (Wildman–Crippen LogP) is 9.97. The Labute approximate surface area is 342 Å². The summed E-state index contributed by atoms with van der Waals surface area (Å²) in [5.41, 5.74) is 22.6. The van der Waals surface area contributed by atoms with Gasteiger partial charge < -0.3 is 5.73 Å². The summed E-state index contributed by atoms with van der Waals surface area (Å²) >= 11 is 0. The average molecular weight is 765 g/mol. The van der Waals surface area contributed by atoms with Crippen LogP contribution in [0.5, 0.6) is 0 Å². The molecule has 2 N–H and O–H groups in total. The molecule has 6 aromatic rings. The molecule has 59 heavy (non-hydrogen) atoms. The number of aryl methyl sites for hydroxylation is 1. The van der Waals surface area contributed by atoms with E-state index in [1.165, 1.54) is 0 Å². The van der Waals surface area contributed by atoms with Crippen LogP contribution in [0, 0.1) is 62.6 Å². The highest BCUT2D eigenvalue weighted by Crippen LogP contribution is 2.57. The number of benzene rings is 4. The second-order valence-corrected chi connectivity index (χ2v) is 14.8. The predicted molar refractivity (Wildman–Crippen MR) is 227 cm³/mol. The third-order valence-electron chi connectivity index (χ3n) is 11.5. The van der Waals surface area contributed by atoms with Crippen molar-refractivity contribution in [3.05, 3.63) is 135 Å². The standard InChI is InChI=1S/C49H36N10/c1-5-8-34-48(37(55)22-51)36-18-29(30-11-15-39-41(19-30)56-38(7-3)43(23-52)57-39)10-14-33(36)49(34)47-26(4)46(27(6-2)21-50)35-17-28(9-13-32(35)47)31-12-16-40-42(20-31)59-45(25-54)44(24-53)58-40/h9-20,27,46H,5-8,55H2,1-4H3/b48-37+. The normalized spacial score (nSPS) is 15.5. The summed E-state index contributed by atoms with van der Waals surface area (Å²) in [6.45, 7) is 8.24. The molecule has 0 bridgehead atoms. The third-order valence-corrected chi connectivity index (χ3v) is 11.5. The van der Waals surface area contributed by atoms with Gasteiger partial charge in [0.15, 0.2) is 17.1 Å². The van der Waals surface area contributed by atoms with E-state index in [2.05, 4.69) is 83.4 Å². The van der Waals surface area contributed by atoms with Crippen molar-refractivity contribution in [1.82, 2.24) is 19.9 Å². The minimum atomic E-state index is -0.294. The topological polar surface area (TPSA) is 197 Å². The van der Waals surface area contributed by atoms with Gasteiger partial charge in [0, 0.05) is 11.5 Å². The average Bonchev–Trinajstić information content (AvgIpc) is 3.74. The molecule has 282 valence electrons.